The molecule has 0 unspecified atom stereocenters. The van der Waals surface area contributed by atoms with E-state index < -0.39 is 0 Å². The third kappa shape index (κ3) is 2.04. The van der Waals surface area contributed by atoms with Crippen LogP contribution in [0.15, 0.2) is 53.1 Å². The molecule has 0 radical (unpaired) electrons. The predicted octanol–water partition coefficient (Wildman–Crippen LogP) is 3.24. The summed E-state index contributed by atoms with van der Waals surface area (Å²) in [7, 11) is 0. The molecule has 0 aliphatic heterocycles. The zero-order valence-corrected chi connectivity index (χ0v) is 11.7. The SMILES string of the molecule is Cc1nc(CNC2c3ccccc3-c3ccccc32)no1. The van der Waals surface area contributed by atoms with Crippen molar-refractivity contribution in [2.75, 3.05) is 0 Å². The van der Waals surface area contributed by atoms with Crippen molar-refractivity contribution in [1.82, 2.24) is 15.5 Å². The molecule has 4 heteroatoms. The van der Waals surface area contributed by atoms with Crippen LogP contribution < -0.4 is 5.32 Å². The fourth-order valence-corrected chi connectivity index (χ4v) is 2.98. The Hall–Kier alpha value is -2.46. The third-order valence-electron chi connectivity index (χ3n) is 3.87. The van der Waals surface area contributed by atoms with Crippen LogP contribution >= 0.6 is 0 Å². The zero-order valence-electron chi connectivity index (χ0n) is 11.7. The number of aryl methyl sites for hydroxylation is 1. The van der Waals surface area contributed by atoms with Crippen molar-refractivity contribution in [3.05, 3.63) is 71.4 Å². The van der Waals surface area contributed by atoms with Crippen molar-refractivity contribution in [2.45, 2.75) is 19.5 Å². The van der Waals surface area contributed by atoms with Gasteiger partial charge in [0.05, 0.1) is 12.6 Å². The molecule has 0 spiro atoms. The fourth-order valence-electron chi connectivity index (χ4n) is 2.98. The van der Waals surface area contributed by atoms with Crippen LogP contribution in [-0.4, -0.2) is 10.1 Å². The summed E-state index contributed by atoms with van der Waals surface area (Å²) in [4.78, 5) is 4.24. The summed E-state index contributed by atoms with van der Waals surface area (Å²) < 4.78 is 5.02. The number of hydrogen-bond donors (Lipinski definition) is 1. The maximum atomic E-state index is 5.02. The number of nitrogens with zero attached hydrogens (tertiary/aromatic N) is 2. The highest BCUT2D eigenvalue weighted by molar-refractivity contribution is 5.78. The number of rotatable bonds is 3. The number of hydrogen-bond acceptors (Lipinski definition) is 4. The molecule has 0 atom stereocenters. The van der Waals surface area contributed by atoms with Crippen molar-refractivity contribution in [3.8, 4) is 11.1 Å². The van der Waals surface area contributed by atoms with Crippen LogP contribution in [0.25, 0.3) is 11.1 Å². The molecule has 1 heterocycles. The van der Waals surface area contributed by atoms with Crippen molar-refractivity contribution in [3.63, 3.8) is 0 Å². The normalized spacial score (nSPS) is 13.2. The van der Waals surface area contributed by atoms with Gasteiger partial charge in [-0.15, -0.1) is 0 Å². The van der Waals surface area contributed by atoms with E-state index >= 15 is 0 Å². The van der Waals surface area contributed by atoms with Crippen LogP contribution in [0, 0.1) is 6.92 Å². The Morgan fingerprint density at radius 1 is 1.00 bits per heavy atom. The van der Waals surface area contributed by atoms with Gasteiger partial charge in [-0.1, -0.05) is 53.7 Å². The number of nitrogens with one attached hydrogen (secondary N) is 1. The smallest absolute Gasteiger partial charge is 0.223 e. The quantitative estimate of drug-likeness (QED) is 0.798. The summed E-state index contributed by atoms with van der Waals surface area (Å²) in [6, 6.07) is 17.2. The second kappa shape index (κ2) is 4.82. The summed E-state index contributed by atoms with van der Waals surface area (Å²) in [5, 5.41) is 7.48. The van der Waals surface area contributed by atoms with E-state index in [-0.39, 0.29) is 6.04 Å². The molecule has 21 heavy (non-hydrogen) atoms. The highest BCUT2D eigenvalue weighted by Gasteiger charge is 2.27. The van der Waals surface area contributed by atoms with E-state index in [0.29, 0.717) is 18.3 Å². The van der Waals surface area contributed by atoms with Gasteiger partial charge < -0.3 is 4.52 Å². The average Bonchev–Trinajstić information content (AvgIpc) is 3.07. The number of benzene rings is 2. The van der Waals surface area contributed by atoms with E-state index in [1.54, 1.807) is 6.92 Å². The number of fused-ring (bicyclic) bond motifs is 3. The molecule has 3 aromatic rings. The Morgan fingerprint density at radius 2 is 1.62 bits per heavy atom. The minimum atomic E-state index is 0.177. The lowest BCUT2D eigenvalue weighted by molar-refractivity contribution is 0.384. The molecule has 104 valence electrons. The summed E-state index contributed by atoms with van der Waals surface area (Å²) in [6.07, 6.45) is 0. The first kappa shape index (κ1) is 12.3. The molecule has 0 amide bonds. The molecule has 0 fully saturated rings. The van der Waals surface area contributed by atoms with Crippen LogP contribution in [0.4, 0.5) is 0 Å². The maximum Gasteiger partial charge on any atom is 0.223 e. The summed E-state index contributed by atoms with van der Waals surface area (Å²) in [5.41, 5.74) is 5.21. The minimum Gasteiger partial charge on any atom is -0.340 e. The molecular formula is C17H15N3O. The van der Waals surface area contributed by atoms with Gasteiger partial charge in [0.1, 0.15) is 0 Å². The number of aromatic nitrogens is 2. The topological polar surface area (TPSA) is 51.0 Å². The molecule has 0 bridgehead atoms. The Bertz CT molecular complexity index is 748. The predicted molar refractivity (Wildman–Crippen MR) is 79.6 cm³/mol. The Morgan fingerprint density at radius 3 is 2.19 bits per heavy atom. The molecule has 1 aromatic heterocycles. The van der Waals surface area contributed by atoms with Crippen LogP contribution in [0.3, 0.4) is 0 Å². The molecule has 0 saturated carbocycles. The summed E-state index contributed by atoms with van der Waals surface area (Å²) in [5.74, 6) is 1.29. The van der Waals surface area contributed by atoms with Gasteiger partial charge in [0, 0.05) is 6.92 Å². The van der Waals surface area contributed by atoms with Crippen molar-refractivity contribution in [2.24, 2.45) is 0 Å². The zero-order chi connectivity index (χ0) is 14.2. The largest absolute Gasteiger partial charge is 0.340 e. The first-order valence-corrected chi connectivity index (χ1v) is 7.04. The molecule has 4 rings (SSSR count). The summed E-state index contributed by atoms with van der Waals surface area (Å²) >= 11 is 0. The van der Waals surface area contributed by atoms with E-state index in [2.05, 4.69) is 64.0 Å². The van der Waals surface area contributed by atoms with E-state index in [0.717, 1.165) is 0 Å². The summed E-state index contributed by atoms with van der Waals surface area (Å²) in [6.45, 7) is 2.39. The highest BCUT2D eigenvalue weighted by Crippen LogP contribution is 2.42. The second-order valence-electron chi connectivity index (χ2n) is 5.22. The second-order valence-corrected chi connectivity index (χ2v) is 5.22. The first-order valence-electron chi connectivity index (χ1n) is 7.04. The van der Waals surface area contributed by atoms with E-state index in [9.17, 15) is 0 Å². The van der Waals surface area contributed by atoms with Crippen molar-refractivity contribution >= 4 is 0 Å². The van der Waals surface area contributed by atoms with Gasteiger partial charge in [-0.3, -0.25) is 5.32 Å². The van der Waals surface area contributed by atoms with Crippen molar-refractivity contribution < 1.29 is 4.52 Å². The lowest BCUT2D eigenvalue weighted by Gasteiger charge is -2.14. The fraction of sp³-hybridized carbons (Fsp3) is 0.176. The van der Waals surface area contributed by atoms with Gasteiger partial charge in [0.25, 0.3) is 0 Å². The molecule has 0 saturated heterocycles. The van der Waals surface area contributed by atoms with E-state index in [1.807, 2.05) is 0 Å². The van der Waals surface area contributed by atoms with Crippen LogP contribution in [-0.2, 0) is 6.54 Å². The molecule has 1 aliphatic rings. The van der Waals surface area contributed by atoms with Crippen molar-refractivity contribution in [1.29, 1.82) is 0 Å². The molecule has 2 aromatic carbocycles. The Labute approximate surface area is 122 Å². The minimum absolute atomic E-state index is 0.177. The highest BCUT2D eigenvalue weighted by atomic mass is 16.5. The molecule has 1 aliphatic carbocycles. The maximum absolute atomic E-state index is 5.02. The van der Waals surface area contributed by atoms with Gasteiger partial charge in [0.15, 0.2) is 5.82 Å². The van der Waals surface area contributed by atoms with Crippen LogP contribution in [0.1, 0.15) is 28.9 Å². The van der Waals surface area contributed by atoms with Gasteiger partial charge in [0.2, 0.25) is 5.89 Å². The standard InChI is InChI=1S/C17H15N3O/c1-11-19-16(20-21-11)10-18-17-14-8-4-2-6-12(14)13-7-3-5-9-15(13)17/h2-9,17-18H,10H2,1H3. The van der Waals surface area contributed by atoms with Crippen LogP contribution in [0.5, 0.6) is 0 Å². The van der Waals surface area contributed by atoms with Gasteiger partial charge in [-0.2, -0.15) is 4.98 Å². The third-order valence-corrected chi connectivity index (χ3v) is 3.87. The Kier molecular flexibility index (Phi) is 2.82. The van der Waals surface area contributed by atoms with Gasteiger partial charge in [-0.05, 0) is 22.3 Å². The molecule has 1 N–H and O–H groups in total. The molecule has 4 nitrogen and oxygen atoms in total. The van der Waals surface area contributed by atoms with Gasteiger partial charge in [-0.25, -0.2) is 0 Å². The lowest BCUT2D eigenvalue weighted by Crippen LogP contribution is -2.20. The lowest BCUT2D eigenvalue weighted by atomic mass is 10.1. The average molecular weight is 277 g/mol. The van der Waals surface area contributed by atoms with E-state index in [1.165, 1.54) is 22.3 Å². The Balaban J connectivity index is 1.68. The van der Waals surface area contributed by atoms with E-state index in [4.69, 9.17) is 4.52 Å². The molecular weight excluding hydrogens is 262 g/mol. The monoisotopic (exact) mass is 277 g/mol. The first-order chi connectivity index (χ1) is 10.3. The van der Waals surface area contributed by atoms with Gasteiger partial charge >= 0.3 is 0 Å². The van der Waals surface area contributed by atoms with Crippen LogP contribution in [0.2, 0.25) is 0 Å².